The molecule has 40 nitrogen and oxygen atoms in total. The highest BCUT2D eigenvalue weighted by Crippen LogP contribution is 2.25. The van der Waals surface area contributed by atoms with Gasteiger partial charge in [0.25, 0.3) is 0 Å². The maximum absolute atomic E-state index is 14.0. The van der Waals surface area contributed by atoms with E-state index in [4.69, 9.17) is 16.2 Å². The number of nitrogens with two attached hydrogens (primary N) is 1. The van der Waals surface area contributed by atoms with E-state index in [1.54, 1.807) is 44.2 Å². The SMILES string of the molecule is C/C(=N/O)C(C)(C)NCCN(CCNC(=O)CCC(=O)NCCCC[C@H]1N[C@H](O)CSC[C@@H]([C@@H](O)N[C@@H](CCCNC(=N)N)C(=O)NCC(=O)N[C@@H](CC(=O)O)C(=O)N[C@H]2CSSC[C@@H](C(=O)NCC(=O)O)N[C@@H](O)[C@H](Cc3ccccc3)N[C@@H]2O)NC(=O)[C@H](CC(=O)O)N[C@@H]1O)CCNC(C)(C)/C(C)=N\O. The van der Waals surface area contributed by atoms with E-state index in [0.29, 0.717) is 62.6 Å². The molecule has 0 spiro atoms. The van der Waals surface area contributed by atoms with E-state index in [2.05, 4.69) is 95.0 Å². The summed E-state index contributed by atoms with van der Waals surface area (Å²) in [6, 6.07) is -2.04. The van der Waals surface area contributed by atoms with Crippen LogP contribution < -0.4 is 85.5 Å². The first kappa shape index (κ1) is 93.9. The molecule has 3 rings (SSSR count). The fraction of sp³-hybridized carbons (Fsp3) is 0.703. The molecule has 107 heavy (non-hydrogen) atoms. The molecule has 2 heterocycles. The Bertz CT molecular complexity index is 3030. The molecule has 0 aliphatic carbocycles. The van der Waals surface area contributed by atoms with Crippen LogP contribution >= 0.6 is 33.3 Å². The van der Waals surface area contributed by atoms with Crippen LogP contribution in [-0.2, 0) is 54.4 Å². The number of rotatable bonds is 43. The molecule has 0 saturated carbocycles. The van der Waals surface area contributed by atoms with Crippen molar-refractivity contribution in [1.82, 2.24) is 84.7 Å². The topological polar surface area (TPSA) is 631 Å². The maximum atomic E-state index is 14.0. The van der Waals surface area contributed by atoms with Crippen LogP contribution in [0.1, 0.15) is 105 Å². The zero-order valence-electron chi connectivity index (χ0n) is 61.1. The van der Waals surface area contributed by atoms with Crippen molar-refractivity contribution in [1.29, 1.82) is 5.41 Å². The van der Waals surface area contributed by atoms with Gasteiger partial charge in [0, 0.05) is 94.3 Å². The van der Waals surface area contributed by atoms with Gasteiger partial charge >= 0.3 is 17.9 Å². The second-order valence-electron chi connectivity index (χ2n) is 26.7. The Balaban J connectivity index is 1.64. The minimum Gasteiger partial charge on any atom is -0.481 e. The molecule has 606 valence electrons. The van der Waals surface area contributed by atoms with Crippen molar-refractivity contribution in [2.75, 3.05) is 88.5 Å². The quantitative estimate of drug-likeness (QED) is 0.00550. The number of benzene rings is 1. The molecule has 28 N–H and O–H groups in total. The molecule has 2 aliphatic heterocycles. The van der Waals surface area contributed by atoms with Crippen molar-refractivity contribution >= 4 is 110 Å². The normalized spacial score (nSPS) is 22.6. The summed E-state index contributed by atoms with van der Waals surface area (Å²) in [6.45, 7) is 12.5. The number of hydrogen-bond acceptors (Lipinski definition) is 31. The number of aliphatic hydroxyl groups excluding tert-OH is 5. The van der Waals surface area contributed by atoms with Crippen LogP contribution in [0.25, 0.3) is 0 Å². The van der Waals surface area contributed by atoms with E-state index in [9.17, 15) is 94.1 Å². The summed E-state index contributed by atoms with van der Waals surface area (Å²) in [5.74, 6) is -10.8. The Labute approximate surface area is 633 Å². The van der Waals surface area contributed by atoms with Crippen LogP contribution in [-0.4, -0.2) is 312 Å². The van der Waals surface area contributed by atoms with Gasteiger partial charge in [-0.2, -0.15) is 11.8 Å². The predicted molar refractivity (Wildman–Crippen MR) is 400 cm³/mol. The number of amides is 7. The highest BCUT2D eigenvalue weighted by atomic mass is 33.1. The van der Waals surface area contributed by atoms with E-state index in [1.807, 2.05) is 27.7 Å². The lowest BCUT2D eigenvalue weighted by atomic mass is 9.99. The van der Waals surface area contributed by atoms with Gasteiger partial charge in [-0.15, -0.1) is 0 Å². The Kier molecular flexibility index (Phi) is 43.6. The largest absolute Gasteiger partial charge is 0.481 e. The van der Waals surface area contributed by atoms with Crippen molar-refractivity contribution < 1.29 is 99.2 Å². The minimum absolute atomic E-state index is 0.0322. The highest BCUT2D eigenvalue weighted by molar-refractivity contribution is 8.76. The summed E-state index contributed by atoms with van der Waals surface area (Å²) in [7, 11) is 2.12. The van der Waals surface area contributed by atoms with Crippen LogP contribution in [0, 0.1) is 5.41 Å². The summed E-state index contributed by atoms with van der Waals surface area (Å²) >= 11 is 1.01. The molecular formula is C64H112N20O20S3. The number of oxime groups is 2. The molecule has 13 atom stereocenters. The number of carbonyl (C=O) groups is 10. The van der Waals surface area contributed by atoms with Crippen LogP contribution in [0.5, 0.6) is 0 Å². The Morgan fingerprint density at radius 1 is 0.654 bits per heavy atom. The monoisotopic (exact) mass is 1580 g/mol. The second kappa shape index (κ2) is 49.7. The zero-order valence-corrected chi connectivity index (χ0v) is 63.5. The summed E-state index contributed by atoms with van der Waals surface area (Å²) < 4.78 is 0. The lowest BCUT2D eigenvalue weighted by Crippen LogP contribution is -2.62. The van der Waals surface area contributed by atoms with E-state index in [1.165, 1.54) is 0 Å². The third kappa shape index (κ3) is 38.0. The number of aliphatic carboxylic acids is 3. The third-order valence-electron chi connectivity index (χ3n) is 17.4. The lowest BCUT2D eigenvalue weighted by molar-refractivity contribution is -0.141. The Morgan fingerprint density at radius 2 is 1.25 bits per heavy atom. The lowest BCUT2D eigenvalue weighted by Gasteiger charge is -2.33. The average Bonchev–Trinajstić information content (AvgIpc) is 1.76. The number of aliphatic hydroxyl groups is 5. The first-order valence-corrected chi connectivity index (χ1v) is 38.6. The molecule has 1 aromatic rings. The molecule has 2 aliphatic rings. The molecule has 0 bridgehead atoms. The van der Waals surface area contributed by atoms with E-state index >= 15 is 0 Å². The van der Waals surface area contributed by atoms with Gasteiger partial charge < -0.3 is 110 Å². The van der Waals surface area contributed by atoms with Crippen molar-refractivity contribution in [3.8, 4) is 0 Å². The number of carboxylic acids is 3. The minimum atomic E-state index is -1.84. The Morgan fingerprint density at radius 3 is 1.85 bits per heavy atom. The molecule has 2 fully saturated rings. The maximum Gasteiger partial charge on any atom is 0.322 e. The smallest absolute Gasteiger partial charge is 0.322 e. The van der Waals surface area contributed by atoms with Gasteiger partial charge in [-0.1, -0.05) is 62.2 Å². The van der Waals surface area contributed by atoms with Crippen LogP contribution in [0.4, 0.5) is 0 Å². The summed E-state index contributed by atoms with van der Waals surface area (Å²) in [4.78, 5) is 132. The van der Waals surface area contributed by atoms with E-state index < -0.39 is 176 Å². The van der Waals surface area contributed by atoms with E-state index in [0.717, 1.165) is 33.3 Å². The first-order valence-electron chi connectivity index (χ1n) is 34.9. The van der Waals surface area contributed by atoms with Gasteiger partial charge in [-0.05, 0) is 85.6 Å². The van der Waals surface area contributed by atoms with Gasteiger partial charge in [0.2, 0.25) is 41.4 Å². The Hall–Kier alpha value is -7.34. The van der Waals surface area contributed by atoms with Crippen molar-refractivity contribution in [2.45, 2.75) is 196 Å². The summed E-state index contributed by atoms with van der Waals surface area (Å²) in [5.41, 5.74) is 5.98. The molecular weight excluding hydrogens is 1470 g/mol. The number of unbranched alkanes of at least 4 members (excludes halogenated alkanes) is 1. The number of nitrogens with zero attached hydrogens (tertiary/aromatic N) is 3. The average molecular weight is 1580 g/mol. The first-order chi connectivity index (χ1) is 50.5. The molecule has 43 heteroatoms. The van der Waals surface area contributed by atoms with Crippen molar-refractivity contribution in [2.24, 2.45) is 16.0 Å². The van der Waals surface area contributed by atoms with Crippen molar-refractivity contribution in [3.05, 3.63) is 35.9 Å². The molecule has 0 radical (unpaired) electrons. The third-order valence-corrected chi connectivity index (χ3v) is 21.0. The number of guanidine groups is 1. The van der Waals surface area contributed by atoms with Gasteiger partial charge in [-0.25, -0.2) is 0 Å². The van der Waals surface area contributed by atoms with Crippen LogP contribution in [0.3, 0.4) is 0 Å². The van der Waals surface area contributed by atoms with Gasteiger partial charge in [0.15, 0.2) is 5.96 Å². The van der Waals surface area contributed by atoms with Crippen LogP contribution in [0.15, 0.2) is 40.6 Å². The van der Waals surface area contributed by atoms with Gasteiger partial charge in [0.05, 0.1) is 78.1 Å². The summed E-state index contributed by atoms with van der Waals surface area (Å²) in [5, 5.41) is 160. The molecule has 7 amide bonds. The fourth-order valence-electron chi connectivity index (χ4n) is 10.6. The predicted octanol–water partition coefficient (Wildman–Crippen LogP) is -6.34. The van der Waals surface area contributed by atoms with Crippen molar-refractivity contribution in [3.63, 3.8) is 0 Å². The second-order valence-corrected chi connectivity index (χ2v) is 30.3. The number of nitrogens with one attached hydrogen (secondary N) is 16. The standard InChI is InChI=1S/C64H112N20O20S3/c1-36(82-103)63(3,4)72-22-25-84(26-23-73-64(5,6)37(2)83-104)24-21-68-48(86)18-17-47(85)67-19-11-10-15-40-56(97)78-43(29-52(91)92)59(100)79-44(32-105-35-50(88)74-40)60(101)76-39(16-12-20-69-62(65)66)54(95)70-30-49(87)75-42(28-51(89)90)58(99)81-46-34-107-106-33-45(55(96)71-31-53(93)94)80-57(98)41(77-61(46)102)27-38-13-8-7-9-14-38/h7-9,13-14,39-46,50,56-57,60-61,72-74,76-78,80,88,97-98,101-104H,10-12,15-35H2,1-6H3,(H,67,85)(H,68,86)(H,70,95)(H,71,96)(H,75,87)(H,79,100)(H,81,99)(H,89,90)(H,91,92)(H,93,94)(H4,65,66,69)/b82-36-,83-37-/t39-,40+,41-,42-,43-,44-,45-,46-,50+,56+,57-,60+,61+/m0/s1. The molecule has 1 aromatic carbocycles. The van der Waals surface area contributed by atoms with Gasteiger partial charge in [-0.3, -0.25) is 84.8 Å². The number of thioether (sulfide) groups is 1. The van der Waals surface area contributed by atoms with Gasteiger partial charge in [0.1, 0.15) is 43.7 Å². The summed E-state index contributed by atoms with van der Waals surface area (Å²) in [6.07, 6.45) is -9.33. The zero-order chi connectivity index (χ0) is 79.8. The van der Waals surface area contributed by atoms with Crippen LogP contribution in [0.2, 0.25) is 0 Å². The number of carboxylic acid groups (broad SMARTS) is 3. The fourth-order valence-corrected chi connectivity index (χ4v) is 14.0. The molecule has 0 aromatic heterocycles. The number of carbonyl (C=O) groups excluding carboxylic acids is 7. The number of hydrogen-bond donors (Lipinski definition) is 27. The van der Waals surface area contributed by atoms with E-state index in [-0.39, 0.29) is 87.1 Å². The molecule has 0 unspecified atom stereocenters. The molecule has 2 saturated heterocycles. The highest BCUT2D eigenvalue weighted by Gasteiger charge is 2.37.